The number of hydrogen-bond acceptors (Lipinski definition) is 7. The highest BCUT2D eigenvalue weighted by molar-refractivity contribution is 5.70. The highest BCUT2D eigenvalue weighted by atomic mass is 16.5. The Hall–Kier alpha value is -1.63. The van der Waals surface area contributed by atoms with Crippen LogP contribution in [0.2, 0.25) is 0 Å². The van der Waals surface area contributed by atoms with Gasteiger partial charge in [0.1, 0.15) is 6.10 Å². The van der Waals surface area contributed by atoms with Gasteiger partial charge >= 0.3 is 17.9 Å². The standard InChI is InChI=1S/C42H77NO6/c1-5-7-12-18-36(19-13-8-6-2)28-34-47-39(44)22-15-11-9-10-14-20-38(49-41(46)24-17-33-43(3)4)21-16-23-40(45)48-35-32-42-29-25-37(26-30-42)27-31-42/h36-38H,5-35H2,1-4H3. The SMILES string of the molecule is CCCCCC(CCCCC)CCOC(=O)CCCCCCCC(CCCC(=O)OCCC12CCC(CC1)CC2)OC(=O)CCCN(C)C. The normalized spacial score (nSPS) is 19.3. The Kier molecular flexibility index (Phi) is 24.1. The molecule has 2 bridgehead atoms. The molecule has 3 aliphatic carbocycles. The van der Waals surface area contributed by atoms with E-state index in [-0.39, 0.29) is 24.0 Å². The molecular formula is C42H77NO6. The number of hydrogen-bond donors (Lipinski definition) is 0. The van der Waals surface area contributed by atoms with Crippen molar-refractivity contribution in [3.05, 3.63) is 0 Å². The fourth-order valence-corrected chi connectivity index (χ4v) is 8.07. The van der Waals surface area contributed by atoms with E-state index in [1.54, 1.807) is 0 Å². The molecule has 286 valence electrons. The predicted octanol–water partition coefficient (Wildman–Crippen LogP) is 10.8. The van der Waals surface area contributed by atoms with E-state index in [0.29, 0.717) is 56.7 Å². The highest BCUT2D eigenvalue weighted by Crippen LogP contribution is 2.52. The lowest BCUT2D eigenvalue weighted by Crippen LogP contribution is -2.35. The Balaban J connectivity index is 1.60. The molecule has 3 fully saturated rings. The van der Waals surface area contributed by atoms with E-state index in [4.69, 9.17) is 14.2 Å². The van der Waals surface area contributed by atoms with Gasteiger partial charge in [0.2, 0.25) is 0 Å². The number of carbonyl (C=O) groups excluding carboxylic acids is 3. The lowest BCUT2D eigenvalue weighted by molar-refractivity contribution is -0.150. The van der Waals surface area contributed by atoms with Crippen molar-refractivity contribution >= 4 is 17.9 Å². The van der Waals surface area contributed by atoms with E-state index in [0.717, 1.165) is 70.3 Å². The molecule has 1 unspecified atom stereocenters. The summed E-state index contributed by atoms with van der Waals surface area (Å²) < 4.78 is 17.2. The molecule has 0 saturated heterocycles. The van der Waals surface area contributed by atoms with Gasteiger partial charge in [0.15, 0.2) is 0 Å². The second kappa shape index (κ2) is 27.1. The van der Waals surface area contributed by atoms with Gasteiger partial charge in [-0.2, -0.15) is 0 Å². The molecule has 7 heteroatoms. The summed E-state index contributed by atoms with van der Waals surface area (Å²) in [5.41, 5.74) is 0.425. The molecule has 49 heavy (non-hydrogen) atoms. The van der Waals surface area contributed by atoms with Crippen LogP contribution in [0.4, 0.5) is 0 Å². The third kappa shape index (κ3) is 21.4. The molecule has 0 N–H and O–H groups in total. The monoisotopic (exact) mass is 692 g/mol. The first-order valence-corrected chi connectivity index (χ1v) is 20.9. The Morgan fingerprint density at radius 1 is 0.612 bits per heavy atom. The third-order valence-corrected chi connectivity index (χ3v) is 11.5. The van der Waals surface area contributed by atoms with Crippen molar-refractivity contribution in [1.29, 1.82) is 0 Å². The van der Waals surface area contributed by atoms with Crippen LogP contribution in [0.15, 0.2) is 0 Å². The molecule has 7 nitrogen and oxygen atoms in total. The van der Waals surface area contributed by atoms with E-state index < -0.39 is 0 Å². The van der Waals surface area contributed by atoms with Crippen LogP contribution in [0.3, 0.4) is 0 Å². The lowest BCUT2D eigenvalue weighted by Gasteiger charge is -2.46. The Labute approximate surface area is 301 Å². The van der Waals surface area contributed by atoms with Crippen molar-refractivity contribution in [2.45, 2.75) is 200 Å². The summed E-state index contributed by atoms with van der Waals surface area (Å²) in [7, 11) is 4.02. The molecule has 3 aliphatic rings. The first-order valence-electron chi connectivity index (χ1n) is 20.9. The Morgan fingerprint density at radius 2 is 1.14 bits per heavy atom. The fraction of sp³-hybridized carbons (Fsp3) is 0.929. The van der Waals surface area contributed by atoms with Crippen LogP contribution in [0.25, 0.3) is 0 Å². The molecule has 0 aliphatic heterocycles. The van der Waals surface area contributed by atoms with Crippen molar-refractivity contribution < 1.29 is 28.6 Å². The summed E-state index contributed by atoms with van der Waals surface area (Å²) >= 11 is 0. The maximum atomic E-state index is 12.6. The molecular weight excluding hydrogens is 614 g/mol. The van der Waals surface area contributed by atoms with Crippen LogP contribution >= 0.6 is 0 Å². The van der Waals surface area contributed by atoms with E-state index in [1.165, 1.54) is 89.9 Å². The maximum absolute atomic E-state index is 12.6. The van der Waals surface area contributed by atoms with Gasteiger partial charge in [-0.15, -0.1) is 0 Å². The summed E-state index contributed by atoms with van der Waals surface area (Å²) in [6.07, 6.45) is 29.3. The number of esters is 3. The molecule has 3 saturated carbocycles. The average molecular weight is 692 g/mol. The van der Waals surface area contributed by atoms with Crippen LogP contribution in [-0.2, 0) is 28.6 Å². The topological polar surface area (TPSA) is 82.1 Å². The summed E-state index contributed by atoms with van der Waals surface area (Å²) in [6, 6.07) is 0. The van der Waals surface area contributed by atoms with Crippen LogP contribution in [0.5, 0.6) is 0 Å². The number of unbranched alkanes of at least 4 members (excludes halogenated alkanes) is 8. The molecule has 0 heterocycles. The minimum Gasteiger partial charge on any atom is -0.466 e. The van der Waals surface area contributed by atoms with Gasteiger partial charge in [-0.3, -0.25) is 14.4 Å². The maximum Gasteiger partial charge on any atom is 0.306 e. The molecule has 0 amide bonds. The van der Waals surface area contributed by atoms with Crippen LogP contribution in [0, 0.1) is 17.3 Å². The molecule has 0 spiro atoms. The minimum atomic E-state index is -0.154. The van der Waals surface area contributed by atoms with E-state index in [9.17, 15) is 14.4 Å². The van der Waals surface area contributed by atoms with Crippen LogP contribution < -0.4 is 0 Å². The summed E-state index contributed by atoms with van der Waals surface area (Å²) in [4.78, 5) is 39.5. The van der Waals surface area contributed by atoms with Gasteiger partial charge in [0.25, 0.3) is 0 Å². The summed E-state index contributed by atoms with van der Waals surface area (Å²) in [5.74, 6) is 1.33. The third-order valence-electron chi connectivity index (χ3n) is 11.5. The van der Waals surface area contributed by atoms with Crippen molar-refractivity contribution in [3.63, 3.8) is 0 Å². The molecule has 1 atom stereocenters. The van der Waals surface area contributed by atoms with Crippen molar-refractivity contribution in [2.75, 3.05) is 33.9 Å². The van der Waals surface area contributed by atoms with Gasteiger partial charge < -0.3 is 19.1 Å². The largest absolute Gasteiger partial charge is 0.466 e. The quantitative estimate of drug-likeness (QED) is 0.0406. The number of nitrogens with zero attached hydrogens (tertiary/aromatic N) is 1. The van der Waals surface area contributed by atoms with Gasteiger partial charge in [-0.1, -0.05) is 84.5 Å². The van der Waals surface area contributed by atoms with Gasteiger partial charge in [-0.25, -0.2) is 0 Å². The van der Waals surface area contributed by atoms with Crippen molar-refractivity contribution in [3.8, 4) is 0 Å². The molecule has 0 aromatic rings. The van der Waals surface area contributed by atoms with Crippen molar-refractivity contribution in [2.24, 2.45) is 17.3 Å². The lowest BCUT2D eigenvalue weighted by atomic mass is 9.59. The second-order valence-electron chi connectivity index (χ2n) is 16.0. The van der Waals surface area contributed by atoms with Crippen LogP contribution in [0.1, 0.15) is 194 Å². The van der Waals surface area contributed by atoms with Gasteiger partial charge in [0.05, 0.1) is 13.2 Å². The first-order chi connectivity index (χ1) is 23.7. The van der Waals surface area contributed by atoms with Crippen LogP contribution in [-0.4, -0.2) is 62.8 Å². The highest BCUT2D eigenvalue weighted by Gasteiger charge is 2.40. The Morgan fingerprint density at radius 3 is 1.78 bits per heavy atom. The van der Waals surface area contributed by atoms with Gasteiger partial charge in [-0.05, 0) is 128 Å². The molecule has 0 aromatic heterocycles. The van der Waals surface area contributed by atoms with E-state index in [2.05, 4.69) is 18.7 Å². The predicted molar refractivity (Wildman–Crippen MR) is 200 cm³/mol. The Bertz CT molecular complexity index is 843. The van der Waals surface area contributed by atoms with E-state index >= 15 is 0 Å². The molecule has 3 rings (SSSR count). The zero-order chi connectivity index (χ0) is 35.6. The number of carbonyl (C=O) groups is 3. The minimum absolute atomic E-state index is 0.0542. The molecule has 0 radical (unpaired) electrons. The zero-order valence-corrected chi connectivity index (χ0v) is 32.5. The van der Waals surface area contributed by atoms with Crippen molar-refractivity contribution in [1.82, 2.24) is 4.90 Å². The second-order valence-corrected chi connectivity index (χ2v) is 16.0. The van der Waals surface area contributed by atoms with Gasteiger partial charge in [0, 0.05) is 19.3 Å². The summed E-state index contributed by atoms with van der Waals surface area (Å²) in [5, 5.41) is 0. The summed E-state index contributed by atoms with van der Waals surface area (Å²) in [6.45, 7) is 6.47. The smallest absolute Gasteiger partial charge is 0.306 e. The average Bonchev–Trinajstić information content (AvgIpc) is 3.08. The fourth-order valence-electron chi connectivity index (χ4n) is 8.07. The number of fused-ring (bicyclic) bond motifs is 3. The number of ether oxygens (including phenoxy) is 3. The zero-order valence-electron chi connectivity index (χ0n) is 32.5. The van der Waals surface area contributed by atoms with E-state index in [1.807, 2.05) is 14.1 Å². The molecule has 0 aromatic carbocycles. The first kappa shape index (κ1) is 43.5. The number of rotatable bonds is 31.